The van der Waals surface area contributed by atoms with Crippen molar-refractivity contribution in [3.05, 3.63) is 363 Å². The van der Waals surface area contributed by atoms with Crippen LogP contribution in [-0.2, 0) is 21.1 Å². The van der Waals surface area contributed by atoms with Crippen molar-refractivity contribution in [1.29, 1.82) is 0 Å². The molecule has 0 bridgehead atoms. The Kier molecular flexibility index (Phi) is 15.2. The Labute approximate surface area is 668 Å². The van der Waals surface area contributed by atoms with Crippen LogP contribution in [-0.4, -0.2) is 22.8 Å². The van der Waals surface area contributed by atoms with Gasteiger partial charge >= 0.3 is 0 Å². The molecular formula is C107H73N5O5. The average Bonchev–Trinajstić information content (AvgIpc) is 1.57. The topological polar surface area (TPSA) is 90.4 Å². The van der Waals surface area contributed by atoms with E-state index >= 15 is 0 Å². The average molecular weight is 1510 g/mol. The minimum atomic E-state index is 0.931. The lowest BCUT2D eigenvalue weighted by Crippen LogP contribution is -1.94. The van der Waals surface area contributed by atoms with Crippen molar-refractivity contribution in [1.82, 2.24) is 22.8 Å². The second kappa shape index (κ2) is 26.4. The van der Waals surface area contributed by atoms with Crippen LogP contribution in [0.3, 0.4) is 0 Å². The second-order valence-electron chi connectivity index (χ2n) is 30.8. The number of aryl methyl sites for hydroxylation is 5. The van der Waals surface area contributed by atoms with Gasteiger partial charge in [-0.2, -0.15) is 0 Å². The minimum absolute atomic E-state index is 0.931. The third-order valence-electron chi connectivity index (χ3n) is 24.1. The third-order valence-corrected chi connectivity index (χ3v) is 24.1. The lowest BCUT2D eigenvalue weighted by Gasteiger charge is -2.09. The largest absolute Gasteiger partial charge is 0.456 e. The van der Waals surface area contributed by atoms with Gasteiger partial charge in [-0.3, -0.25) is 0 Å². The predicted octanol–water partition coefficient (Wildman–Crippen LogP) is 29.7. The van der Waals surface area contributed by atoms with Crippen LogP contribution >= 0.6 is 0 Å². The smallest absolute Gasteiger partial charge is 0.160 e. The van der Waals surface area contributed by atoms with Gasteiger partial charge in [-0.05, 0) is 158 Å². The van der Waals surface area contributed by atoms with Crippen molar-refractivity contribution in [2.24, 2.45) is 21.1 Å². The SMILES string of the molecule is Cc1cccc(-n2c3ccccc3c3ccc4c5ccccc5oc4c32)c1.Cc1cccc(-n2c3ccccc3c3ccc4oc5ccccc5c4c32)c1.Cn1c2ccccc2c2c3oc4ccccc4c3ccc21.Cn1c2ccccc2c2cc3c(cc21)oc1ccccc13.Cn1c2ccccc2c2cc3oc4ccccc4c3cc21. The molecule has 0 saturated heterocycles. The Bertz CT molecular complexity index is 8720. The molecule has 0 amide bonds. The predicted molar refractivity (Wildman–Crippen MR) is 489 cm³/mol. The van der Waals surface area contributed by atoms with E-state index in [1.54, 1.807) is 0 Å². The first-order valence-corrected chi connectivity index (χ1v) is 39.8. The van der Waals surface area contributed by atoms with Crippen LogP contribution in [0.2, 0.25) is 0 Å². The first-order chi connectivity index (χ1) is 57.6. The summed E-state index contributed by atoms with van der Waals surface area (Å²) in [6.45, 7) is 4.27. The molecule has 10 heteroatoms. The van der Waals surface area contributed by atoms with Crippen LogP contribution < -0.4 is 0 Å². The van der Waals surface area contributed by atoms with E-state index < -0.39 is 0 Å². The summed E-state index contributed by atoms with van der Waals surface area (Å²) in [6.07, 6.45) is 0. The van der Waals surface area contributed by atoms with Crippen LogP contribution in [0.5, 0.6) is 0 Å². The van der Waals surface area contributed by atoms with E-state index in [1.165, 1.54) is 158 Å². The molecule has 0 unspecified atom stereocenters. The lowest BCUT2D eigenvalue weighted by molar-refractivity contribution is 0.669. The van der Waals surface area contributed by atoms with Gasteiger partial charge in [0.15, 0.2) is 5.58 Å². The van der Waals surface area contributed by atoms with Crippen LogP contribution in [0.4, 0.5) is 0 Å². The summed E-state index contributed by atoms with van der Waals surface area (Å²) in [5.41, 5.74) is 26.5. The van der Waals surface area contributed by atoms with Gasteiger partial charge in [-0.15, -0.1) is 0 Å². The maximum Gasteiger partial charge on any atom is 0.160 e. The first-order valence-electron chi connectivity index (χ1n) is 39.8. The molecule has 0 aliphatic carbocycles. The lowest BCUT2D eigenvalue weighted by atomic mass is 10.1. The van der Waals surface area contributed by atoms with Crippen molar-refractivity contribution in [2.75, 3.05) is 0 Å². The molecule has 17 aromatic carbocycles. The number of furan rings is 5. The molecule has 0 fully saturated rings. The molecule has 556 valence electrons. The Balaban J connectivity index is 0.0000000864. The van der Waals surface area contributed by atoms with Gasteiger partial charge in [0.1, 0.15) is 50.2 Å². The van der Waals surface area contributed by atoms with Crippen molar-refractivity contribution >= 4 is 219 Å². The number of nitrogens with zero attached hydrogens (tertiary/aromatic N) is 5. The van der Waals surface area contributed by atoms with Crippen LogP contribution in [0, 0.1) is 13.8 Å². The Morgan fingerprint density at radius 2 is 0.538 bits per heavy atom. The molecule has 0 N–H and O–H groups in total. The standard InChI is InChI=1S/2C25H17NO.3C19H13NO/c1-16-7-6-8-17(15-16)26-21-11-4-2-9-18(21)19-13-14-23-24(25(19)26)20-10-3-5-12-22(20)27-23;1-16-7-6-8-17(15-16)26-22-11-4-2-9-18(22)20-13-14-21-19-10-3-5-12-23(19)27-25(21)24(20)26;1-20-15-8-4-2-7-14(15)18-16(20)11-10-13-12-6-3-5-9-17(12)21-19(13)18;1-20-16-8-4-2-6-12(16)14-11-19-15(10-17(14)20)13-7-3-5-9-18(13)21-19;1-20-16-8-4-2-6-12(16)14-10-15-13-7-3-5-9-18(13)21-19(15)11-17(14)20/h2*2-15H,1H3;3*2-11H,1H3. The highest BCUT2D eigenvalue weighted by atomic mass is 16.3. The van der Waals surface area contributed by atoms with Gasteiger partial charge in [-0.25, -0.2) is 0 Å². The highest BCUT2D eigenvalue weighted by molar-refractivity contribution is 6.27. The quantitative estimate of drug-likeness (QED) is 0.172. The van der Waals surface area contributed by atoms with Gasteiger partial charge in [0.25, 0.3) is 0 Å². The van der Waals surface area contributed by atoms with Crippen molar-refractivity contribution in [2.45, 2.75) is 13.8 Å². The van der Waals surface area contributed by atoms with Gasteiger partial charge in [-0.1, -0.05) is 212 Å². The number of rotatable bonds is 2. The Hall–Kier alpha value is -15.3. The molecule has 27 aromatic rings. The second-order valence-corrected chi connectivity index (χ2v) is 30.8. The van der Waals surface area contributed by atoms with Crippen molar-refractivity contribution in [3.63, 3.8) is 0 Å². The van der Waals surface area contributed by atoms with Gasteiger partial charge in [0, 0.05) is 158 Å². The maximum absolute atomic E-state index is 6.37. The number of fused-ring (bicyclic) bond motifs is 33. The molecule has 0 radical (unpaired) electrons. The number of hydrogen-bond donors (Lipinski definition) is 0. The fourth-order valence-electron chi connectivity index (χ4n) is 18.7. The molecular weight excluding hydrogens is 1440 g/mol. The summed E-state index contributed by atoms with van der Waals surface area (Å²) in [5, 5.41) is 24.3. The highest BCUT2D eigenvalue weighted by Crippen LogP contribution is 2.46. The summed E-state index contributed by atoms with van der Waals surface area (Å²) in [5.74, 6) is 0. The summed E-state index contributed by atoms with van der Waals surface area (Å²) in [7, 11) is 6.34. The third kappa shape index (κ3) is 10.5. The van der Waals surface area contributed by atoms with Crippen molar-refractivity contribution in [3.8, 4) is 11.4 Å². The number of aromatic nitrogens is 5. The fourth-order valence-corrected chi connectivity index (χ4v) is 18.7. The molecule has 117 heavy (non-hydrogen) atoms. The zero-order valence-corrected chi connectivity index (χ0v) is 64.8. The monoisotopic (exact) mass is 1510 g/mol. The Morgan fingerprint density at radius 3 is 1.09 bits per heavy atom. The summed E-state index contributed by atoms with van der Waals surface area (Å²) < 4.78 is 42.1. The number of para-hydroxylation sites is 10. The van der Waals surface area contributed by atoms with Gasteiger partial charge in [0.2, 0.25) is 0 Å². The normalized spacial score (nSPS) is 12.0. The van der Waals surface area contributed by atoms with E-state index in [2.05, 4.69) is 349 Å². The number of hydrogen-bond acceptors (Lipinski definition) is 5. The van der Waals surface area contributed by atoms with Crippen LogP contribution in [0.1, 0.15) is 11.1 Å². The first kappa shape index (κ1) is 67.4. The highest BCUT2D eigenvalue weighted by Gasteiger charge is 2.23. The van der Waals surface area contributed by atoms with Crippen LogP contribution in [0.15, 0.2) is 374 Å². The Morgan fingerprint density at radius 1 is 0.179 bits per heavy atom. The molecule has 0 saturated carbocycles. The van der Waals surface area contributed by atoms with E-state index in [0.717, 1.165) is 83.2 Å². The molecule has 0 aliphatic heterocycles. The minimum Gasteiger partial charge on any atom is -0.456 e. The molecule has 27 rings (SSSR count). The molecule has 0 spiro atoms. The zero-order valence-electron chi connectivity index (χ0n) is 64.8. The molecule has 10 heterocycles. The van der Waals surface area contributed by atoms with E-state index in [1.807, 2.05) is 60.7 Å². The maximum atomic E-state index is 6.37. The van der Waals surface area contributed by atoms with E-state index in [4.69, 9.17) is 22.1 Å². The van der Waals surface area contributed by atoms with E-state index in [-0.39, 0.29) is 0 Å². The van der Waals surface area contributed by atoms with Crippen molar-refractivity contribution < 1.29 is 22.1 Å². The number of benzene rings is 17. The summed E-state index contributed by atoms with van der Waals surface area (Å²) in [4.78, 5) is 0. The molecule has 10 aromatic heterocycles. The molecule has 0 aliphatic rings. The van der Waals surface area contributed by atoms with Crippen LogP contribution in [0.25, 0.3) is 230 Å². The summed E-state index contributed by atoms with van der Waals surface area (Å²) >= 11 is 0. The van der Waals surface area contributed by atoms with E-state index in [9.17, 15) is 0 Å². The fraction of sp³-hybridized carbons (Fsp3) is 0.0467. The van der Waals surface area contributed by atoms with Gasteiger partial charge < -0.3 is 44.9 Å². The van der Waals surface area contributed by atoms with E-state index in [0.29, 0.717) is 0 Å². The zero-order chi connectivity index (χ0) is 77.8. The summed E-state index contributed by atoms with van der Waals surface area (Å²) in [6, 6.07) is 123. The molecule has 0 atom stereocenters. The van der Waals surface area contributed by atoms with Gasteiger partial charge in [0.05, 0.1) is 43.9 Å². The molecule has 10 nitrogen and oxygen atoms in total.